The van der Waals surface area contributed by atoms with Crippen LogP contribution in [0.4, 0.5) is 0 Å². The van der Waals surface area contributed by atoms with E-state index >= 15 is 0 Å². The van der Waals surface area contributed by atoms with Crippen molar-refractivity contribution in [3.05, 3.63) is 0 Å². The highest BCUT2D eigenvalue weighted by atomic mass is 35.5. The molecule has 0 aliphatic heterocycles. The van der Waals surface area contributed by atoms with Gasteiger partial charge in [0.15, 0.2) is 0 Å². The number of rotatable bonds is 7. The van der Waals surface area contributed by atoms with E-state index in [9.17, 15) is 0 Å². The topological polar surface area (TPSA) is 21.3 Å². The molecule has 0 radical (unpaired) electrons. The van der Waals surface area contributed by atoms with Gasteiger partial charge in [-0.3, -0.25) is 0 Å². The first-order valence-corrected chi connectivity index (χ1v) is 5.04. The number of alkyl halides is 1. The van der Waals surface area contributed by atoms with E-state index in [1.165, 1.54) is 0 Å². The third-order valence-electron chi connectivity index (χ3n) is 1.69. The van der Waals surface area contributed by atoms with Crippen molar-refractivity contribution in [2.75, 3.05) is 26.3 Å². The number of halogens is 1. The third kappa shape index (κ3) is 6.89. The zero-order valence-corrected chi connectivity index (χ0v) is 9.03. The van der Waals surface area contributed by atoms with Crippen molar-refractivity contribution in [1.82, 2.24) is 5.32 Å². The van der Waals surface area contributed by atoms with Crippen LogP contribution >= 0.6 is 11.6 Å². The number of hydrogen-bond donors (Lipinski definition) is 1. The van der Waals surface area contributed by atoms with E-state index < -0.39 is 0 Å². The fourth-order valence-corrected chi connectivity index (χ4v) is 0.873. The van der Waals surface area contributed by atoms with Crippen LogP contribution in [0.1, 0.15) is 20.8 Å². The van der Waals surface area contributed by atoms with Gasteiger partial charge in [0.25, 0.3) is 0 Å². The van der Waals surface area contributed by atoms with Gasteiger partial charge in [-0.2, -0.15) is 0 Å². The van der Waals surface area contributed by atoms with E-state index in [2.05, 4.69) is 19.2 Å². The smallest absolute Gasteiger partial charge is 0.0590 e. The van der Waals surface area contributed by atoms with Crippen LogP contribution in [0.3, 0.4) is 0 Å². The Kier molecular flexibility index (Phi) is 7.98. The summed E-state index contributed by atoms with van der Waals surface area (Å²) in [5.74, 6) is 0.534. The summed E-state index contributed by atoms with van der Waals surface area (Å²) in [6.45, 7) is 9.58. The van der Waals surface area contributed by atoms with Crippen molar-refractivity contribution in [3.63, 3.8) is 0 Å². The Bertz CT molecular complexity index is 98.5. The Morgan fingerprint density at radius 1 is 1.42 bits per heavy atom. The highest BCUT2D eigenvalue weighted by molar-refractivity contribution is 6.20. The van der Waals surface area contributed by atoms with Crippen LogP contribution in [0.25, 0.3) is 0 Å². The molecule has 2 nitrogen and oxygen atoms in total. The molecular formula is C9H20ClNO. The fourth-order valence-electron chi connectivity index (χ4n) is 0.764. The minimum Gasteiger partial charge on any atom is -0.380 e. The molecule has 0 heterocycles. The summed E-state index contributed by atoms with van der Waals surface area (Å²) in [6.07, 6.45) is 0. The van der Waals surface area contributed by atoms with Gasteiger partial charge in [-0.1, -0.05) is 13.8 Å². The molecule has 74 valence electrons. The SMILES string of the molecule is CCOCCNCC(Cl)C(C)C. The molecule has 0 bridgehead atoms. The Morgan fingerprint density at radius 2 is 2.08 bits per heavy atom. The van der Waals surface area contributed by atoms with Crippen molar-refractivity contribution in [1.29, 1.82) is 0 Å². The monoisotopic (exact) mass is 193 g/mol. The van der Waals surface area contributed by atoms with E-state index in [1.807, 2.05) is 6.92 Å². The van der Waals surface area contributed by atoms with Crippen molar-refractivity contribution >= 4 is 11.6 Å². The molecule has 0 amide bonds. The molecule has 1 unspecified atom stereocenters. The van der Waals surface area contributed by atoms with Gasteiger partial charge in [-0.05, 0) is 12.8 Å². The summed E-state index contributed by atoms with van der Waals surface area (Å²) in [5, 5.41) is 3.47. The lowest BCUT2D eigenvalue weighted by Gasteiger charge is -2.13. The molecule has 0 spiro atoms. The van der Waals surface area contributed by atoms with Crippen molar-refractivity contribution in [2.24, 2.45) is 5.92 Å². The van der Waals surface area contributed by atoms with E-state index in [1.54, 1.807) is 0 Å². The van der Waals surface area contributed by atoms with Crippen LogP contribution in [0.5, 0.6) is 0 Å². The molecule has 0 aliphatic carbocycles. The van der Waals surface area contributed by atoms with Crippen LogP contribution in [0.15, 0.2) is 0 Å². The Balaban J connectivity index is 3.08. The van der Waals surface area contributed by atoms with Crippen LogP contribution in [0.2, 0.25) is 0 Å². The minimum atomic E-state index is 0.228. The minimum absolute atomic E-state index is 0.228. The molecule has 12 heavy (non-hydrogen) atoms. The van der Waals surface area contributed by atoms with E-state index in [0.29, 0.717) is 5.92 Å². The predicted octanol–water partition coefficient (Wildman–Crippen LogP) is 1.88. The molecule has 0 aliphatic rings. The summed E-state index contributed by atoms with van der Waals surface area (Å²) < 4.78 is 5.17. The average Bonchev–Trinajstić information content (AvgIpc) is 2.03. The molecule has 0 rings (SSSR count). The van der Waals surface area contributed by atoms with Crippen LogP contribution in [-0.4, -0.2) is 31.7 Å². The van der Waals surface area contributed by atoms with Crippen molar-refractivity contribution < 1.29 is 4.74 Å². The highest BCUT2D eigenvalue weighted by Crippen LogP contribution is 2.07. The van der Waals surface area contributed by atoms with Gasteiger partial charge >= 0.3 is 0 Å². The Morgan fingerprint density at radius 3 is 2.58 bits per heavy atom. The molecule has 1 N–H and O–H groups in total. The van der Waals surface area contributed by atoms with Crippen LogP contribution in [-0.2, 0) is 4.74 Å². The third-order valence-corrected chi connectivity index (χ3v) is 2.35. The number of ether oxygens (including phenoxy) is 1. The maximum Gasteiger partial charge on any atom is 0.0590 e. The molecule has 0 saturated heterocycles. The van der Waals surface area contributed by atoms with Gasteiger partial charge in [0.05, 0.1) is 6.61 Å². The van der Waals surface area contributed by atoms with E-state index in [4.69, 9.17) is 16.3 Å². The average molecular weight is 194 g/mol. The van der Waals surface area contributed by atoms with Gasteiger partial charge in [0.2, 0.25) is 0 Å². The molecule has 3 heteroatoms. The van der Waals surface area contributed by atoms with E-state index in [-0.39, 0.29) is 5.38 Å². The first kappa shape index (κ1) is 12.2. The molecule has 0 aromatic heterocycles. The lowest BCUT2D eigenvalue weighted by Crippen LogP contribution is -2.29. The maximum atomic E-state index is 6.03. The maximum absolute atomic E-state index is 6.03. The predicted molar refractivity (Wildman–Crippen MR) is 53.8 cm³/mol. The van der Waals surface area contributed by atoms with Gasteiger partial charge in [0.1, 0.15) is 0 Å². The summed E-state index contributed by atoms with van der Waals surface area (Å²) >= 11 is 6.03. The van der Waals surface area contributed by atoms with E-state index in [0.717, 1.165) is 26.3 Å². The van der Waals surface area contributed by atoms with Gasteiger partial charge in [0, 0.05) is 25.1 Å². The summed E-state index contributed by atoms with van der Waals surface area (Å²) in [7, 11) is 0. The summed E-state index contributed by atoms with van der Waals surface area (Å²) in [5.41, 5.74) is 0. The zero-order valence-electron chi connectivity index (χ0n) is 8.27. The normalized spacial score (nSPS) is 13.8. The lowest BCUT2D eigenvalue weighted by atomic mass is 10.1. The van der Waals surface area contributed by atoms with Crippen molar-refractivity contribution in [2.45, 2.75) is 26.1 Å². The van der Waals surface area contributed by atoms with Gasteiger partial charge in [-0.25, -0.2) is 0 Å². The van der Waals surface area contributed by atoms with Gasteiger partial charge in [-0.15, -0.1) is 11.6 Å². The molecule has 0 aromatic carbocycles. The second-order valence-electron chi connectivity index (χ2n) is 3.16. The Labute approximate surface area is 80.6 Å². The molecule has 0 saturated carbocycles. The second-order valence-corrected chi connectivity index (χ2v) is 3.72. The lowest BCUT2D eigenvalue weighted by molar-refractivity contribution is 0.149. The highest BCUT2D eigenvalue weighted by Gasteiger charge is 2.07. The molecule has 0 fully saturated rings. The first-order valence-electron chi connectivity index (χ1n) is 4.61. The quantitative estimate of drug-likeness (QED) is 0.493. The molecule has 0 aromatic rings. The largest absolute Gasteiger partial charge is 0.380 e. The van der Waals surface area contributed by atoms with Crippen molar-refractivity contribution in [3.8, 4) is 0 Å². The van der Waals surface area contributed by atoms with Crippen LogP contribution in [0, 0.1) is 5.92 Å². The first-order chi connectivity index (χ1) is 5.68. The standard InChI is InChI=1S/C9H20ClNO/c1-4-12-6-5-11-7-9(10)8(2)3/h8-9,11H,4-7H2,1-3H3. The van der Waals surface area contributed by atoms with Crippen LogP contribution < -0.4 is 5.32 Å². The van der Waals surface area contributed by atoms with Gasteiger partial charge < -0.3 is 10.1 Å². The number of nitrogens with one attached hydrogen (secondary N) is 1. The second kappa shape index (κ2) is 7.84. The zero-order chi connectivity index (χ0) is 9.40. The molecular weight excluding hydrogens is 174 g/mol. The summed E-state index contributed by atoms with van der Waals surface area (Å²) in [6, 6.07) is 0. The number of hydrogen-bond acceptors (Lipinski definition) is 2. The fraction of sp³-hybridized carbons (Fsp3) is 1.00. The molecule has 1 atom stereocenters. The summed E-state index contributed by atoms with van der Waals surface area (Å²) in [4.78, 5) is 0. The Hall–Kier alpha value is 0.210.